The minimum atomic E-state index is -0.957. The van der Waals surface area contributed by atoms with Crippen molar-refractivity contribution in [1.82, 2.24) is 0 Å². The van der Waals surface area contributed by atoms with Crippen LogP contribution in [0.25, 0.3) is 0 Å². The zero-order valence-electron chi connectivity index (χ0n) is 8.27. The molecule has 1 aliphatic rings. The van der Waals surface area contributed by atoms with Crippen molar-refractivity contribution >= 4 is 11.7 Å². The number of nitrogens with one attached hydrogen (secondary N) is 1. The molecule has 4 nitrogen and oxygen atoms in total. The first-order chi connectivity index (χ1) is 7.23. The maximum atomic E-state index is 11.2. The summed E-state index contributed by atoms with van der Waals surface area (Å²) in [6.45, 7) is 0.712. The molecule has 1 fully saturated rings. The van der Waals surface area contributed by atoms with Crippen LogP contribution >= 0.6 is 0 Å². The molecule has 80 valence electrons. The summed E-state index contributed by atoms with van der Waals surface area (Å²) in [5.74, 6) is -0.858. The molecule has 1 atom stereocenters. The van der Waals surface area contributed by atoms with E-state index in [1.165, 1.54) is 0 Å². The number of aliphatic carboxylic acids is 1. The van der Waals surface area contributed by atoms with E-state index >= 15 is 0 Å². The molecule has 2 rings (SSSR count). The third-order valence-corrected chi connectivity index (χ3v) is 2.59. The van der Waals surface area contributed by atoms with Crippen LogP contribution in [0.5, 0.6) is 0 Å². The minimum Gasteiger partial charge on any atom is -0.479 e. The second kappa shape index (κ2) is 3.90. The summed E-state index contributed by atoms with van der Waals surface area (Å²) < 4.78 is 5.15. The van der Waals surface area contributed by atoms with E-state index in [9.17, 15) is 9.90 Å². The Morgan fingerprint density at radius 3 is 2.67 bits per heavy atom. The van der Waals surface area contributed by atoms with Crippen LogP contribution < -0.4 is 5.32 Å². The Labute approximate surface area is 87.9 Å². The highest BCUT2D eigenvalue weighted by Gasteiger charge is 2.42. The molecule has 2 N–H and O–H groups in total. The van der Waals surface area contributed by atoms with Crippen LogP contribution in [0.15, 0.2) is 30.3 Å². The predicted molar refractivity (Wildman–Crippen MR) is 55.9 cm³/mol. The van der Waals surface area contributed by atoms with Gasteiger partial charge < -0.3 is 15.2 Å². The Kier molecular flexibility index (Phi) is 2.60. The molecule has 0 saturated carbocycles. The Morgan fingerprint density at radius 1 is 1.40 bits per heavy atom. The van der Waals surface area contributed by atoms with Gasteiger partial charge in [-0.05, 0) is 12.1 Å². The zero-order chi connectivity index (χ0) is 10.7. The van der Waals surface area contributed by atoms with E-state index in [1.807, 2.05) is 30.3 Å². The van der Waals surface area contributed by atoms with Gasteiger partial charge in [0.05, 0.1) is 6.61 Å². The maximum absolute atomic E-state index is 11.2. The first-order valence-corrected chi connectivity index (χ1v) is 4.87. The van der Waals surface area contributed by atoms with Crippen LogP contribution in [-0.2, 0) is 9.53 Å². The average molecular weight is 207 g/mol. The van der Waals surface area contributed by atoms with Gasteiger partial charge >= 0.3 is 5.97 Å². The van der Waals surface area contributed by atoms with Gasteiger partial charge in [-0.3, -0.25) is 0 Å². The third kappa shape index (κ3) is 1.94. The van der Waals surface area contributed by atoms with Crippen LogP contribution in [0.3, 0.4) is 0 Å². The first kappa shape index (κ1) is 9.98. The molecule has 0 aromatic heterocycles. The highest BCUT2D eigenvalue weighted by molar-refractivity contribution is 5.83. The molecule has 4 heteroatoms. The fourth-order valence-corrected chi connectivity index (χ4v) is 1.68. The zero-order valence-corrected chi connectivity index (χ0v) is 8.27. The van der Waals surface area contributed by atoms with Crippen molar-refractivity contribution in [3.8, 4) is 0 Å². The normalized spacial score (nSPS) is 25.1. The Hall–Kier alpha value is -1.55. The van der Waals surface area contributed by atoms with E-state index < -0.39 is 11.5 Å². The summed E-state index contributed by atoms with van der Waals surface area (Å²) in [6, 6.07) is 9.33. The Bertz CT molecular complexity index is 344. The van der Waals surface area contributed by atoms with E-state index in [0.29, 0.717) is 13.0 Å². The van der Waals surface area contributed by atoms with Crippen LogP contribution in [0, 0.1) is 0 Å². The van der Waals surface area contributed by atoms with Crippen LogP contribution in [0.2, 0.25) is 0 Å². The molecular weight excluding hydrogens is 194 g/mol. The lowest BCUT2D eigenvalue weighted by Crippen LogP contribution is -2.46. The Balaban J connectivity index is 2.18. The quantitative estimate of drug-likeness (QED) is 0.785. The lowest BCUT2D eigenvalue weighted by atomic mass is 9.98. The van der Waals surface area contributed by atoms with Gasteiger partial charge in [-0.1, -0.05) is 18.2 Å². The predicted octanol–water partition coefficient (Wildman–Crippen LogP) is 1.34. The molecule has 1 aromatic rings. The molecule has 0 amide bonds. The van der Waals surface area contributed by atoms with Crippen molar-refractivity contribution in [2.75, 3.05) is 18.5 Å². The summed E-state index contributed by atoms with van der Waals surface area (Å²) in [5, 5.41) is 12.2. The number of carboxylic acids is 1. The summed E-state index contributed by atoms with van der Waals surface area (Å²) in [7, 11) is 0. The van der Waals surface area contributed by atoms with E-state index in [-0.39, 0.29) is 6.61 Å². The third-order valence-electron chi connectivity index (χ3n) is 2.59. The van der Waals surface area contributed by atoms with Crippen LogP contribution in [0.4, 0.5) is 5.69 Å². The van der Waals surface area contributed by atoms with Crippen molar-refractivity contribution in [2.24, 2.45) is 0 Å². The monoisotopic (exact) mass is 207 g/mol. The topological polar surface area (TPSA) is 58.6 Å². The Morgan fingerprint density at radius 2 is 2.13 bits per heavy atom. The first-order valence-electron chi connectivity index (χ1n) is 4.87. The number of hydrogen-bond donors (Lipinski definition) is 2. The maximum Gasteiger partial charge on any atom is 0.331 e. The number of benzene rings is 1. The van der Waals surface area contributed by atoms with E-state index in [1.54, 1.807) is 0 Å². The minimum absolute atomic E-state index is 0.219. The fraction of sp³-hybridized carbons (Fsp3) is 0.364. The second-order valence-electron chi connectivity index (χ2n) is 3.68. The van der Waals surface area contributed by atoms with E-state index in [4.69, 9.17) is 4.74 Å². The van der Waals surface area contributed by atoms with Crippen LogP contribution in [-0.4, -0.2) is 29.8 Å². The highest BCUT2D eigenvalue weighted by Crippen LogP contribution is 2.24. The van der Waals surface area contributed by atoms with Crippen molar-refractivity contribution in [3.63, 3.8) is 0 Å². The number of carboxylic acid groups (broad SMARTS) is 1. The van der Waals surface area contributed by atoms with Gasteiger partial charge in [-0.15, -0.1) is 0 Å². The van der Waals surface area contributed by atoms with Gasteiger partial charge in [0, 0.05) is 18.7 Å². The summed E-state index contributed by atoms with van der Waals surface area (Å²) in [6.07, 6.45) is 0.497. The van der Waals surface area contributed by atoms with Gasteiger partial charge in [0.2, 0.25) is 0 Å². The van der Waals surface area contributed by atoms with Gasteiger partial charge in [-0.25, -0.2) is 4.79 Å². The molecule has 1 aliphatic heterocycles. The van der Waals surface area contributed by atoms with Crippen molar-refractivity contribution in [3.05, 3.63) is 30.3 Å². The van der Waals surface area contributed by atoms with Gasteiger partial charge in [-0.2, -0.15) is 0 Å². The molecular formula is C11H13NO3. The SMILES string of the molecule is O=C(O)C1(Nc2ccccc2)CCOC1. The van der Waals surface area contributed by atoms with E-state index in [2.05, 4.69) is 5.32 Å². The summed E-state index contributed by atoms with van der Waals surface area (Å²) in [5.41, 5.74) is -0.146. The van der Waals surface area contributed by atoms with Crippen molar-refractivity contribution in [2.45, 2.75) is 12.0 Å². The van der Waals surface area contributed by atoms with Crippen molar-refractivity contribution < 1.29 is 14.6 Å². The molecule has 0 radical (unpaired) electrons. The smallest absolute Gasteiger partial charge is 0.331 e. The van der Waals surface area contributed by atoms with Gasteiger partial charge in [0.25, 0.3) is 0 Å². The molecule has 1 aromatic carbocycles. The second-order valence-corrected chi connectivity index (χ2v) is 3.68. The standard InChI is InChI=1S/C11H13NO3/c13-10(14)11(6-7-15-8-11)12-9-4-2-1-3-5-9/h1-5,12H,6-8H2,(H,13,14). The molecule has 1 unspecified atom stereocenters. The largest absolute Gasteiger partial charge is 0.479 e. The molecule has 15 heavy (non-hydrogen) atoms. The fourth-order valence-electron chi connectivity index (χ4n) is 1.68. The number of anilines is 1. The molecule has 0 bridgehead atoms. The van der Waals surface area contributed by atoms with Crippen molar-refractivity contribution in [1.29, 1.82) is 0 Å². The van der Waals surface area contributed by atoms with E-state index in [0.717, 1.165) is 5.69 Å². The number of rotatable bonds is 3. The average Bonchev–Trinajstić information content (AvgIpc) is 2.69. The highest BCUT2D eigenvalue weighted by atomic mass is 16.5. The lowest BCUT2D eigenvalue weighted by molar-refractivity contribution is -0.142. The van der Waals surface area contributed by atoms with Gasteiger partial charge in [0.1, 0.15) is 0 Å². The number of para-hydroxylation sites is 1. The summed E-state index contributed by atoms with van der Waals surface area (Å²) in [4.78, 5) is 11.2. The number of ether oxygens (including phenoxy) is 1. The molecule has 1 saturated heterocycles. The number of carbonyl (C=O) groups is 1. The molecule has 0 aliphatic carbocycles. The lowest BCUT2D eigenvalue weighted by Gasteiger charge is -2.24. The van der Waals surface area contributed by atoms with Gasteiger partial charge in [0.15, 0.2) is 5.54 Å². The summed E-state index contributed by atoms with van der Waals surface area (Å²) >= 11 is 0. The van der Waals surface area contributed by atoms with Crippen LogP contribution in [0.1, 0.15) is 6.42 Å². The number of hydrogen-bond acceptors (Lipinski definition) is 3. The molecule has 0 spiro atoms. The molecule has 1 heterocycles.